The molecule has 0 atom stereocenters. The summed E-state index contributed by atoms with van der Waals surface area (Å²) in [5.41, 5.74) is 14.2. The van der Waals surface area contributed by atoms with E-state index in [9.17, 15) is 9.59 Å². The van der Waals surface area contributed by atoms with E-state index < -0.39 is 0 Å². The fourth-order valence-corrected chi connectivity index (χ4v) is 2.75. The highest BCUT2D eigenvalue weighted by Gasteiger charge is 2.14. The maximum absolute atomic E-state index is 12.3. The van der Waals surface area contributed by atoms with Crippen molar-refractivity contribution in [1.82, 2.24) is 0 Å². The van der Waals surface area contributed by atoms with Crippen LogP contribution in [0.4, 0.5) is 11.4 Å². The predicted molar refractivity (Wildman–Crippen MR) is 108 cm³/mol. The Morgan fingerprint density at radius 2 is 1.12 bits per heavy atom. The number of hydrogen-bond acceptors (Lipinski definition) is 4. The molecule has 0 saturated carbocycles. The molecular formula is C20H34N4O2. The first-order valence-electron chi connectivity index (χ1n) is 9.59. The molecule has 0 heterocycles. The molecule has 0 aliphatic heterocycles. The number of rotatable bonds is 12. The Morgan fingerprint density at radius 1 is 0.731 bits per heavy atom. The van der Waals surface area contributed by atoms with Crippen molar-refractivity contribution in [3.8, 4) is 0 Å². The summed E-state index contributed by atoms with van der Waals surface area (Å²) < 4.78 is 0. The minimum absolute atomic E-state index is 0.0332. The zero-order chi connectivity index (χ0) is 19.4. The Hall–Kier alpha value is -1.92. The SMILES string of the molecule is Cc1ccc(C)c(NC(=O)CCCCCN)c1NC(=O)CCCCCN. The number of carbonyl (C=O) groups is 2. The van der Waals surface area contributed by atoms with Crippen LogP contribution in [0.2, 0.25) is 0 Å². The van der Waals surface area contributed by atoms with E-state index >= 15 is 0 Å². The van der Waals surface area contributed by atoms with Gasteiger partial charge in [-0.2, -0.15) is 0 Å². The second-order valence-corrected chi connectivity index (χ2v) is 6.74. The molecule has 0 spiro atoms. The van der Waals surface area contributed by atoms with Crippen LogP contribution in [0.25, 0.3) is 0 Å². The summed E-state index contributed by atoms with van der Waals surface area (Å²) in [6.07, 6.45) is 6.31. The minimum Gasteiger partial charge on any atom is -0.330 e. The second-order valence-electron chi connectivity index (χ2n) is 6.74. The molecule has 6 heteroatoms. The van der Waals surface area contributed by atoms with Gasteiger partial charge in [0.2, 0.25) is 11.8 Å². The normalized spacial score (nSPS) is 10.6. The lowest BCUT2D eigenvalue weighted by Gasteiger charge is -2.17. The molecule has 0 radical (unpaired) electrons. The van der Waals surface area contributed by atoms with Crippen molar-refractivity contribution in [2.45, 2.75) is 65.2 Å². The van der Waals surface area contributed by atoms with Crippen LogP contribution in [-0.2, 0) is 9.59 Å². The predicted octanol–water partition coefficient (Wildman–Crippen LogP) is 3.22. The smallest absolute Gasteiger partial charge is 0.224 e. The highest BCUT2D eigenvalue weighted by Crippen LogP contribution is 2.30. The Kier molecular flexibility index (Phi) is 10.6. The first-order valence-corrected chi connectivity index (χ1v) is 9.59. The molecule has 2 amide bonds. The van der Waals surface area contributed by atoms with Crippen LogP contribution < -0.4 is 22.1 Å². The molecule has 0 aromatic heterocycles. The van der Waals surface area contributed by atoms with Gasteiger partial charge in [-0.1, -0.05) is 25.0 Å². The largest absolute Gasteiger partial charge is 0.330 e. The van der Waals surface area contributed by atoms with Crippen molar-refractivity contribution in [3.63, 3.8) is 0 Å². The lowest BCUT2D eigenvalue weighted by Crippen LogP contribution is -2.18. The van der Waals surface area contributed by atoms with Crippen LogP contribution in [0.3, 0.4) is 0 Å². The third-order valence-electron chi connectivity index (χ3n) is 4.37. The molecule has 26 heavy (non-hydrogen) atoms. The van der Waals surface area contributed by atoms with E-state index in [1.54, 1.807) is 0 Å². The van der Waals surface area contributed by atoms with E-state index in [0.29, 0.717) is 37.3 Å². The summed E-state index contributed by atoms with van der Waals surface area (Å²) in [4.78, 5) is 24.5. The van der Waals surface area contributed by atoms with E-state index in [4.69, 9.17) is 11.5 Å². The van der Waals surface area contributed by atoms with Crippen LogP contribution in [0.1, 0.15) is 62.5 Å². The van der Waals surface area contributed by atoms with Gasteiger partial charge in [-0.3, -0.25) is 9.59 Å². The average Bonchev–Trinajstić information content (AvgIpc) is 2.62. The van der Waals surface area contributed by atoms with Gasteiger partial charge in [0.1, 0.15) is 0 Å². The lowest BCUT2D eigenvalue weighted by molar-refractivity contribution is -0.117. The summed E-state index contributed by atoms with van der Waals surface area (Å²) in [7, 11) is 0. The molecule has 0 bridgehead atoms. The summed E-state index contributed by atoms with van der Waals surface area (Å²) in [5, 5.41) is 5.95. The monoisotopic (exact) mass is 362 g/mol. The number of nitrogens with one attached hydrogen (secondary N) is 2. The molecule has 146 valence electrons. The van der Waals surface area contributed by atoms with Gasteiger partial charge in [0.25, 0.3) is 0 Å². The number of carbonyl (C=O) groups excluding carboxylic acids is 2. The van der Waals surface area contributed by atoms with Crippen molar-refractivity contribution < 1.29 is 9.59 Å². The molecule has 1 rings (SSSR count). The third-order valence-corrected chi connectivity index (χ3v) is 4.37. The van der Waals surface area contributed by atoms with Crippen LogP contribution in [0, 0.1) is 13.8 Å². The zero-order valence-corrected chi connectivity index (χ0v) is 16.2. The van der Waals surface area contributed by atoms with Gasteiger partial charge in [0.05, 0.1) is 11.4 Å². The molecule has 6 nitrogen and oxygen atoms in total. The number of amides is 2. The standard InChI is InChI=1S/C20H34N4O2/c1-15-11-12-16(2)20(24-18(26)10-6-4-8-14-22)19(15)23-17(25)9-5-3-7-13-21/h11-12H,3-10,13-14,21-22H2,1-2H3,(H,23,25)(H,24,26). The van der Waals surface area contributed by atoms with Crippen LogP contribution in [0.15, 0.2) is 12.1 Å². The van der Waals surface area contributed by atoms with Gasteiger partial charge in [-0.15, -0.1) is 0 Å². The number of anilines is 2. The molecule has 0 aliphatic carbocycles. The van der Waals surface area contributed by atoms with E-state index in [1.807, 2.05) is 26.0 Å². The molecule has 0 aliphatic rings. The first-order chi connectivity index (χ1) is 12.5. The van der Waals surface area contributed by atoms with Gasteiger partial charge in [-0.05, 0) is 63.7 Å². The highest BCUT2D eigenvalue weighted by atomic mass is 16.2. The fraction of sp³-hybridized carbons (Fsp3) is 0.600. The van der Waals surface area contributed by atoms with Crippen molar-refractivity contribution >= 4 is 23.2 Å². The maximum Gasteiger partial charge on any atom is 0.224 e. The molecule has 1 aromatic carbocycles. The van der Waals surface area contributed by atoms with Gasteiger partial charge in [-0.25, -0.2) is 0 Å². The highest BCUT2D eigenvalue weighted by molar-refractivity contribution is 6.01. The number of hydrogen-bond donors (Lipinski definition) is 4. The van der Waals surface area contributed by atoms with Crippen LogP contribution in [-0.4, -0.2) is 24.9 Å². The molecule has 1 aromatic rings. The van der Waals surface area contributed by atoms with Gasteiger partial charge >= 0.3 is 0 Å². The van der Waals surface area contributed by atoms with E-state index in [2.05, 4.69) is 10.6 Å². The maximum atomic E-state index is 12.3. The van der Waals surface area contributed by atoms with Crippen molar-refractivity contribution in [2.24, 2.45) is 11.5 Å². The Labute approximate surface area is 157 Å². The van der Waals surface area contributed by atoms with E-state index in [-0.39, 0.29) is 11.8 Å². The number of benzene rings is 1. The quantitative estimate of drug-likeness (QED) is 0.428. The average molecular weight is 363 g/mol. The number of nitrogens with two attached hydrogens (primary N) is 2. The van der Waals surface area contributed by atoms with Gasteiger partial charge in [0, 0.05) is 12.8 Å². The molecule has 6 N–H and O–H groups in total. The number of aryl methyl sites for hydroxylation is 2. The van der Waals surface area contributed by atoms with Crippen molar-refractivity contribution in [3.05, 3.63) is 23.3 Å². The van der Waals surface area contributed by atoms with Crippen molar-refractivity contribution in [1.29, 1.82) is 0 Å². The fourth-order valence-electron chi connectivity index (χ4n) is 2.75. The summed E-state index contributed by atoms with van der Waals surface area (Å²) in [6.45, 7) is 5.17. The Morgan fingerprint density at radius 3 is 1.46 bits per heavy atom. The third kappa shape index (κ3) is 7.97. The van der Waals surface area contributed by atoms with Gasteiger partial charge in [0.15, 0.2) is 0 Å². The summed E-state index contributed by atoms with van der Waals surface area (Å²) in [6, 6.07) is 3.91. The first kappa shape index (κ1) is 22.1. The Balaban J connectivity index is 2.71. The topological polar surface area (TPSA) is 110 Å². The van der Waals surface area contributed by atoms with E-state index in [0.717, 1.165) is 49.7 Å². The van der Waals surface area contributed by atoms with Gasteiger partial charge < -0.3 is 22.1 Å². The van der Waals surface area contributed by atoms with E-state index in [1.165, 1.54) is 0 Å². The van der Waals surface area contributed by atoms with Crippen LogP contribution in [0.5, 0.6) is 0 Å². The summed E-state index contributed by atoms with van der Waals surface area (Å²) >= 11 is 0. The minimum atomic E-state index is -0.0332. The molecule has 0 fully saturated rings. The zero-order valence-electron chi connectivity index (χ0n) is 16.2. The Bertz CT molecular complexity index is 536. The van der Waals surface area contributed by atoms with Crippen LogP contribution >= 0.6 is 0 Å². The molecule has 0 saturated heterocycles. The second kappa shape index (κ2) is 12.4. The molecular weight excluding hydrogens is 328 g/mol. The van der Waals surface area contributed by atoms with Crippen molar-refractivity contribution in [2.75, 3.05) is 23.7 Å². The molecule has 0 unspecified atom stereocenters. The lowest BCUT2D eigenvalue weighted by atomic mass is 10.1. The number of unbranched alkanes of at least 4 members (excludes halogenated alkanes) is 4. The summed E-state index contributed by atoms with van der Waals surface area (Å²) in [5.74, 6) is -0.0664.